The van der Waals surface area contributed by atoms with Crippen LogP contribution in [0.1, 0.15) is 27.7 Å². The standard InChI is InChI=1S/C12H25NO3S/c1-6-13-10(7-15-5)8-17-9-11(14)16-12(2,3)4/h10,13H,6-9H2,1-5H3. The highest BCUT2D eigenvalue weighted by Gasteiger charge is 2.16. The van der Waals surface area contributed by atoms with E-state index in [1.54, 1.807) is 18.9 Å². The van der Waals surface area contributed by atoms with Gasteiger partial charge in [0.25, 0.3) is 0 Å². The van der Waals surface area contributed by atoms with Crippen LogP contribution in [-0.4, -0.2) is 49.4 Å². The number of thioether (sulfide) groups is 1. The lowest BCUT2D eigenvalue weighted by atomic mass is 10.2. The molecule has 4 nitrogen and oxygen atoms in total. The molecule has 0 aromatic carbocycles. The molecule has 5 heteroatoms. The van der Waals surface area contributed by atoms with Crippen LogP contribution in [0.2, 0.25) is 0 Å². The molecule has 0 aliphatic rings. The van der Waals surface area contributed by atoms with E-state index in [2.05, 4.69) is 12.2 Å². The van der Waals surface area contributed by atoms with Gasteiger partial charge in [-0.15, -0.1) is 11.8 Å². The number of hydrogen-bond donors (Lipinski definition) is 1. The van der Waals surface area contributed by atoms with Gasteiger partial charge in [-0.25, -0.2) is 0 Å². The lowest BCUT2D eigenvalue weighted by molar-refractivity contribution is -0.151. The Morgan fingerprint density at radius 2 is 2.06 bits per heavy atom. The zero-order valence-corrected chi connectivity index (χ0v) is 12.4. The lowest BCUT2D eigenvalue weighted by Crippen LogP contribution is -2.35. The van der Waals surface area contributed by atoms with Crippen molar-refractivity contribution in [3.05, 3.63) is 0 Å². The van der Waals surface area contributed by atoms with Gasteiger partial charge in [-0.1, -0.05) is 6.92 Å². The highest BCUT2D eigenvalue weighted by molar-refractivity contribution is 7.99. The number of rotatable bonds is 8. The summed E-state index contributed by atoms with van der Waals surface area (Å²) in [5.41, 5.74) is -0.398. The molecule has 0 radical (unpaired) electrons. The zero-order chi connectivity index (χ0) is 13.3. The molecular weight excluding hydrogens is 238 g/mol. The van der Waals surface area contributed by atoms with Crippen LogP contribution >= 0.6 is 11.8 Å². The third kappa shape index (κ3) is 10.6. The van der Waals surface area contributed by atoms with E-state index < -0.39 is 5.60 Å². The number of likely N-dealkylation sites (N-methyl/N-ethyl adjacent to an activating group) is 1. The van der Waals surface area contributed by atoms with E-state index in [9.17, 15) is 4.79 Å². The Kier molecular flexibility index (Phi) is 8.64. The SMILES string of the molecule is CCNC(COC)CSCC(=O)OC(C)(C)C. The Bertz CT molecular complexity index is 210. The predicted octanol–water partition coefficient (Wildman–Crippen LogP) is 1.69. The number of nitrogens with one attached hydrogen (secondary N) is 1. The van der Waals surface area contributed by atoms with E-state index in [0.717, 1.165) is 12.3 Å². The number of carbonyl (C=O) groups excluding carboxylic acids is 1. The van der Waals surface area contributed by atoms with Gasteiger partial charge in [0.05, 0.1) is 12.4 Å². The second-order valence-electron chi connectivity index (χ2n) is 4.81. The maximum absolute atomic E-state index is 11.5. The van der Waals surface area contributed by atoms with Gasteiger partial charge in [-0.05, 0) is 27.3 Å². The van der Waals surface area contributed by atoms with Gasteiger partial charge in [-0.3, -0.25) is 4.79 Å². The Morgan fingerprint density at radius 3 is 2.53 bits per heavy atom. The molecule has 0 bridgehead atoms. The van der Waals surface area contributed by atoms with Crippen molar-refractivity contribution in [2.45, 2.75) is 39.3 Å². The third-order valence-corrected chi connectivity index (χ3v) is 2.90. The maximum atomic E-state index is 11.5. The van der Waals surface area contributed by atoms with E-state index >= 15 is 0 Å². The molecule has 0 saturated carbocycles. The van der Waals surface area contributed by atoms with Crippen molar-refractivity contribution in [2.24, 2.45) is 0 Å². The van der Waals surface area contributed by atoms with Crippen molar-refractivity contribution < 1.29 is 14.3 Å². The Hall–Kier alpha value is -0.260. The first-order valence-electron chi connectivity index (χ1n) is 5.91. The number of methoxy groups -OCH3 is 1. The number of hydrogen-bond acceptors (Lipinski definition) is 5. The van der Waals surface area contributed by atoms with Crippen LogP contribution < -0.4 is 5.32 Å². The molecule has 0 rings (SSSR count). The molecule has 0 aromatic rings. The van der Waals surface area contributed by atoms with Gasteiger partial charge in [0.1, 0.15) is 5.60 Å². The Balaban J connectivity index is 3.76. The summed E-state index contributed by atoms with van der Waals surface area (Å²) in [5.74, 6) is 1.08. The zero-order valence-electron chi connectivity index (χ0n) is 11.5. The first kappa shape index (κ1) is 16.7. The molecule has 0 heterocycles. The van der Waals surface area contributed by atoms with E-state index in [1.165, 1.54) is 0 Å². The molecule has 0 fully saturated rings. The first-order valence-corrected chi connectivity index (χ1v) is 7.06. The van der Waals surface area contributed by atoms with Gasteiger partial charge in [0.15, 0.2) is 0 Å². The van der Waals surface area contributed by atoms with Gasteiger partial charge < -0.3 is 14.8 Å². The normalized spacial score (nSPS) is 13.5. The van der Waals surface area contributed by atoms with Crippen molar-refractivity contribution in [2.75, 3.05) is 31.8 Å². The van der Waals surface area contributed by atoms with Gasteiger partial charge >= 0.3 is 5.97 Å². The van der Waals surface area contributed by atoms with E-state index in [1.807, 2.05) is 20.8 Å². The predicted molar refractivity (Wildman–Crippen MR) is 72.5 cm³/mol. The summed E-state index contributed by atoms with van der Waals surface area (Å²) >= 11 is 1.57. The largest absolute Gasteiger partial charge is 0.459 e. The quantitative estimate of drug-likeness (QED) is 0.675. The Morgan fingerprint density at radius 1 is 1.41 bits per heavy atom. The molecule has 1 unspecified atom stereocenters. The molecule has 17 heavy (non-hydrogen) atoms. The lowest BCUT2D eigenvalue weighted by Gasteiger charge is -2.20. The van der Waals surface area contributed by atoms with Crippen LogP contribution in [0, 0.1) is 0 Å². The minimum Gasteiger partial charge on any atom is -0.459 e. The van der Waals surface area contributed by atoms with E-state index in [4.69, 9.17) is 9.47 Å². The summed E-state index contributed by atoms with van der Waals surface area (Å²) in [6, 6.07) is 0.289. The van der Waals surface area contributed by atoms with Crippen LogP contribution in [0.25, 0.3) is 0 Å². The molecule has 0 aliphatic heterocycles. The van der Waals surface area contributed by atoms with E-state index in [0.29, 0.717) is 12.4 Å². The number of esters is 1. The van der Waals surface area contributed by atoms with Gasteiger partial charge in [0, 0.05) is 18.9 Å². The molecule has 1 N–H and O–H groups in total. The smallest absolute Gasteiger partial charge is 0.316 e. The summed E-state index contributed by atoms with van der Waals surface area (Å²) in [5, 5.41) is 3.31. The van der Waals surface area contributed by atoms with Crippen LogP contribution in [0.15, 0.2) is 0 Å². The van der Waals surface area contributed by atoms with Crippen LogP contribution in [0.4, 0.5) is 0 Å². The second kappa shape index (κ2) is 8.78. The van der Waals surface area contributed by atoms with Crippen molar-refractivity contribution in [1.29, 1.82) is 0 Å². The summed E-state index contributed by atoms with van der Waals surface area (Å²) in [4.78, 5) is 11.5. The minimum atomic E-state index is -0.398. The topological polar surface area (TPSA) is 47.6 Å². The maximum Gasteiger partial charge on any atom is 0.316 e. The van der Waals surface area contributed by atoms with Crippen molar-refractivity contribution >= 4 is 17.7 Å². The molecule has 1 atom stereocenters. The highest BCUT2D eigenvalue weighted by atomic mass is 32.2. The minimum absolute atomic E-state index is 0.157. The molecular formula is C12H25NO3S. The second-order valence-corrected chi connectivity index (χ2v) is 5.84. The van der Waals surface area contributed by atoms with Crippen LogP contribution in [0.5, 0.6) is 0 Å². The van der Waals surface area contributed by atoms with Crippen molar-refractivity contribution in [3.63, 3.8) is 0 Å². The third-order valence-electron chi connectivity index (χ3n) is 1.82. The molecule has 0 amide bonds. The fourth-order valence-corrected chi connectivity index (χ4v) is 2.15. The summed E-state index contributed by atoms with van der Waals surface area (Å²) in [7, 11) is 1.68. The average molecular weight is 263 g/mol. The number of carbonyl (C=O) groups is 1. The van der Waals surface area contributed by atoms with Crippen molar-refractivity contribution in [3.8, 4) is 0 Å². The molecule has 0 saturated heterocycles. The monoisotopic (exact) mass is 263 g/mol. The van der Waals surface area contributed by atoms with E-state index in [-0.39, 0.29) is 12.0 Å². The molecule has 0 aliphatic carbocycles. The van der Waals surface area contributed by atoms with Crippen LogP contribution in [0.3, 0.4) is 0 Å². The van der Waals surface area contributed by atoms with Gasteiger partial charge in [-0.2, -0.15) is 0 Å². The Labute approximate surface area is 109 Å². The fourth-order valence-electron chi connectivity index (χ4n) is 1.31. The van der Waals surface area contributed by atoms with Crippen molar-refractivity contribution in [1.82, 2.24) is 5.32 Å². The summed E-state index contributed by atoms with van der Waals surface area (Å²) < 4.78 is 10.3. The summed E-state index contributed by atoms with van der Waals surface area (Å²) in [6.45, 7) is 9.25. The van der Waals surface area contributed by atoms with Crippen LogP contribution in [-0.2, 0) is 14.3 Å². The highest BCUT2D eigenvalue weighted by Crippen LogP contribution is 2.10. The fraction of sp³-hybridized carbons (Fsp3) is 0.917. The number of ether oxygens (including phenoxy) is 2. The average Bonchev–Trinajstić information content (AvgIpc) is 2.15. The molecule has 0 aromatic heterocycles. The van der Waals surface area contributed by atoms with Gasteiger partial charge in [0.2, 0.25) is 0 Å². The summed E-state index contributed by atoms with van der Waals surface area (Å²) in [6.07, 6.45) is 0. The molecule has 102 valence electrons. The first-order chi connectivity index (χ1) is 7.89. The molecule has 0 spiro atoms.